The Morgan fingerprint density at radius 2 is 0.556 bits per heavy atom. The molecule has 0 aliphatic rings. The largest absolute Gasteiger partial charge is 0.461 e. The summed E-state index contributed by atoms with van der Waals surface area (Å²) in [6, 6.07) is 108. The number of aryl methyl sites for hydroxylation is 1. The smallest absolute Gasteiger partial charge is 0.135 e. The number of allylic oxidation sites excluding steroid dienone is 2. The number of fused-ring (bicyclic) bond motifs is 1. The molecule has 1 heterocycles. The van der Waals surface area contributed by atoms with Gasteiger partial charge in [0.25, 0.3) is 0 Å². The van der Waals surface area contributed by atoms with Gasteiger partial charge in [0.05, 0.1) is 0 Å². The molecule has 0 atom stereocenters. The van der Waals surface area contributed by atoms with Gasteiger partial charge in [0.1, 0.15) is 11.3 Å². The van der Waals surface area contributed by atoms with E-state index >= 15 is 0 Å². The molecule has 0 amide bonds. The Hall–Kier alpha value is -10.5. The van der Waals surface area contributed by atoms with Gasteiger partial charge in [-0.3, -0.25) is 0 Å². The Morgan fingerprint density at radius 3 is 0.901 bits per heavy atom. The lowest BCUT2D eigenvalue weighted by atomic mass is 9.74. The molecule has 0 aliphatic carbocycles. The first-order chi connectivity index (χ1) is 40.1. The summed E-state index contributed by atoms with van der Waals surface area (Å²) in [6.45, 7) is 5.90. The maximum Gasteiger partial charge on any atom is 0.135 e. The van der Waals surface area contributed by atoms with Gasteiger partial charge in [-0.2, -0.15) is 0 Å². The molecule has 0 N–H and O–H groups in total. The molecule has 384 valence electrons. The van der Waals surface area contributed by atoms with E-state index in [1.807, 2.05) is 13.0 Å². The lowest BCUT2D eigenvalue weighted by Crippen LogP contribution is -2.10. The van der Waals surface area contributed by atoms with Crippen molar-refractivity contribution in [3.05, 3.63) is 327 Å². The topological polar surface area (TPSA) is 16.4 Å². The van der Waals surface area contributed by atoms with Crippen LogP contribution in [0.3, 0.4) is 0 Å². The first kappa shape index (κ1) is 50.0. The van der Waals surface area contributed by atoms with Crippen LogP contribution in [0.2, 0.25) is 0 Å². The predicted octanol–water partition coefficient (Wildman–Crippen LogP) is 22.4. The molecule has 13 rings (SSSR count). The maximum absolute atomic E-state index is 6.35. The number of benzene rings is 12. The van der Waals surface area contributed by atoms with E-state index < -0.39 is 0 Å². The van der Waals surface area contributed by atoms with Crippen molar-refractivity contribution in [3.63, 3.8) is 0 Å². The summed E-state index contributed by atoms with van der Waals surface area (Å²) in [6.07, 6.45) is 5.82. The minimum Gasteiger partial charge on any atom is -0.461 e. The van der Waals surface area contributed by atoms with Gasteiger partial charge in [-0.15, -0.1) is 0 Å². The van der Waals surface area contributed by atoms with Crippen LogP contribution in [0.15, 0.2) is 320 Å². The molecule has 13 aromatic rings. The summed E-state index contributed by atoms with van der Waals surface area (Å²) in [7, 11) is 0. The quantitative estimate of drug-likeness (QED) is 0.101. The van der Waals surface area contributed by atoms with Gasteiger partial charge in [-0.05, 0) is 156 Å². The van der Waals surface area contributed by atoms with E-state index in [0.29, 0.717) is 0 Å². The molecule has 12 aromatic carbocycles. The maximum atomic E-state index is 6.35. The number of nitrogens with zero attached hydrogens (tertiary/aromatic N) is 1. The van der Waals surface area contributed by atoms with Gasteiger partial charge in [0.15, 0.2) is 0 Å². The van der Waals surface area contributed by atoms with E-state index in [1.54, 1.807) is 6.08 Å². The molecule has 2 heteroatoms. The molecular formula is C79H57NO. The molecule has 2 nitrogen and oxygen atoms in total. The number of hydrogen-bond donors (Lipinski definition) is 0. The van der Waals surface area contributed by atoms with Crippen molar-refractivity contribution in [3.8, 4) is 100 Å². The van der Waals surface area contributed by atoms with Gasteiger partial charge in [-0.1, -0.05) is 274 Å². The first-order valence-corrected chi connectivity index (χ1v) is 27.7. The molecule has 0 radical (unpaired) electrons. The van der Waals surface area contributed by atoms with E-state index in [-0.39, 0.29) is 0 Å². The van der Waals surface area contributed by atoms with E-state index in [4.69, 9.17) is 4.42 Å². The van der Waals surface area contributed by atoms with Crippen molar-refractivity contribution in [2.75, 3.05) is 4.90 Å². The Balaban J connectivity index is 1.04. The van der Waals surface area contributed by atoms with Crippen LogP contribution in [0, 0.1) is 6.92 Å². The monoisotopic (exact) mass is 1040 g/mol. The fraction of sp³-hybridized carbons (Fsp3) is 0.0127. The first-order valence-electron chi connectivity index (χ1n) is 27.7. The average molecular weight is 1040 g/mol. The summed E-state index contributed by atoms with van der Waals surface area (Å²) in [5.41, 5.74) is 25.8. The van der Waals surface area contributed by atoms with Crippen LogP contribution in [0.4, 0.5) is 17.1 Å². The highest BCUT2D eigenvalue weighted by Gasteiger charge is 2.29. The SMILES string of the molecule is C=C/C=C\c1c(C)oc2cc(-c3ccc(-c4c(-c5ccccc5)c(-c5ccccc5)c(-c5ccc(N(c6ccc(-c7ccccc7)cc6)c6ccc(-c7ccccc7)cc6)cc5)c(-c5ccccc5)c4-c4ccccc4)cc3)ccc12. The van der Waals surface area contributed by atoms with Crippen molar-refractivity contribution in [1.29, 1.82) is 0 Å². The van der Waals surface area contributed by atoms with Crippen LogP contribution in [-0.4, -0.2) is 0 Å². The van der Waals surface area contributed by atoms with E-state index in [9.17, 15) is 0 Å². The van der Waals surface area contributed by atoms with Crippen LogP contribution < -0.4 is 4.90 Å². The van der Waals surface area contributed by atoms with Crippen molar-refractivity contribution in [2.24, 2.45) is 0 Å². The molecule has 0 saturated heterocycles. The number of hydrogen-bond acceptors (Lipinski definition) is 2. The molecule has 0 fully saturated rings. The van der Waals surface area contributed by atoms with E-state index in [2.05, 4.69) is 315 Å². The fourth-order valence-electron chi connectivity index (χ4n) is 11.6. The molecule has 0 bridgehead atoms. The Labute approximate surface area is 475 Å². The molecule has 0 aliphatic heterocycles. The van der Waals surface area contributed by atoms with Gasteiger partial charge in [0.2, 0.25) is 0 Å². The van der Waals surface area contributed by atoms with Crippen LogP contribution in [0.25, 0.3) is 117 Å². The van der Waals surface area contributed by atoms with Crippen LogP contribution in [0.5, 0.6) is 0 Å². The number of rotatable bonds is 14. The van der Waals surface area contributed by atoms with E-state index in [1.165, 1.54) is 33.4 Å². The molecule has 0 saturated carbocycles. The lowest BCUT2D eigenvalue weighted by molar-refractivity contribution is 0.577. The molecule has 0 unspecified atom stereocenters. The summed E-state index contributed by atoms with van der Waals surface area (Å²) < 4.78 is 6.35. The van der Waals surface area contributed by atoms with Gasteiger partial charge in [-0.25, -0.2) is 0 Å². The third-order valence-electron chi connectivity index (χ3n) is 15.4. The molecule has 1 aromatic heterocycles. The van der Waals surface area contributed by atoms with Gasteiger partial charge >= 0.3 is 0 Å². The highest BCUT2D eigenvalue weighted by atomic mass is 16.3. The third-order valence-corrected chi connectivity index (χ3v) is 15.4. The normalized spacial score (nSPS) is 11.3. The van der Waals surface area contributed by atoms with Crippen molar-refractivity contribution >= 4 is 34.1 Å². The van der Waals surface area contributed by atoms with Gasteiger partial charge < -0.3 is 9.32 Å². The molecule has 0 spiro atoms. The second-order valence-corrected chi connectivity index (χ2v) is 20.4. The predicted molar refractivity (Wildman–Crippen MR) is 344 cm³/mol. The zero-order valence-corrected chi connectivity index (χ0v) is 45.1. The second kappa shape index (κ2) is 22.4. The summed E-state index contributed by atoms with van der Waals surface area (Å²) in [4.78, 5) is 2.37. The Kier molecular flexibility index (Phi) is 13.8. The van der Waals surface area contributed by atoms with Crippen LogP contribution in [0.1, 0.15) is 11.3 Å². The van der Waals surface area contributed by atoms with Crippen LogP contribution in [-0.2, 0) is 0 Å². The standard InChI is InChI=1S/C79H57NO/c1-3-4-35-71-55(2)81-73-54-67(46-53-72(71)73)60-36-38-65(39-37-60)78-74(61-27-15-7-16-28-61)76(63-31-19-9-20-32-63)79(77(64-33-21-10-22-34-64)75(78)62-29-17-8-18-30-62)66-44-51-70(52-45-66)80(68-47-40-58(41-48-68)56-23-11-5-12-24-56)69-49-42-59(43-50-69)57-25-13-6-14-26-57/h3-54H,1H2,2H3/b35-4-. The summed E-state index contributed by atoms with van der Waals surface area (Å²) in [5.74, 6) is 0.886. The van der Waals surface area contributed by atoms with Crippen molar-refractivity contribution < 1.29 is 4.42 Å². The highest BCUT2D eigenvalue weighted by molar-refractivity contribution is 6.15. The van der Waals surface area contributed by atoms with E-state index in [0.717, 1.165) is 106 Å². The Bertz CT molecular complexity index is 4130. The third kappa shape index (κ3) is 9.93. The fourth-order valence-corrected chi connectivity index (χ4v) is 11.6. The van der Waals surface area contributed by atoms with Crippen LogP contribution >= 0.6 is 0 Å². The number of anilines is 3. The van der Waals surface area contributed by atoms with Crippen molar-refractivity contribution in [2.45, 2.75) is 6.92 Å². The summed E-state index contributed by atoms with van der Waals surface area (Å²) >= 11 is 0. The average Bonchev–Trinajstić information content (AvgIpc) is 4.02. The second-order valence-electron chi connectivity index (χ2n) is 20.4. The van der Waals surface area contributed by atoms with Crippen molar-refractivity contribution in [1.82, 2.24) is 0 Å². The zero-order valence-electron chi connectivity index (χ0n) is 45.1. The number of furan rings is 1. The highest BCUT2D eigenvalue weighted by Crippen LogP contribution is 2.56. The minimum atomic E-state index is 0.863. The minimum absolute atomic E-state index is 0.863. The lowest BCUT2D eigenvalue weighted by Gasteiger charge is -2.29. The molecular weight excluding hydrogens is 979 g/mol. The van der Waals surface area contributed by atoms with Gasteiger partial charge in [0, 0.05) is 28.0 Å². The Morgan fingerprint density at radius 1 is 0.296 bits per heavy atom. The molecule has 81 heavy (non-hydrogen) atoms. The zero-order chi connectivity index (χ0) is 54.5. The summed E-state index contributed by atoms with van der Waals surface area (Å²) in [5, 5.41) is 1.09.